The van der Waals surface area contributed by atoms with Crippen LogP contribution in [-0.2, 0) is 4.79 Å². The molecule has 0 fully saturated rings. The van der Waals surface area contributed by atoms with Crippen LogP contribution in [0.4, 0.5) is 0 Å². The van der Waals surface area contributed by atoms with Gasteiger partial charge in [0.1, 0.15) is 0 Å². The maximum atomic E-state index is 12.0. The van der Waals surface area contributed by atoms with Crippen molar-refractivity contribution in [2.45, 2.75) is 52.4 Å². The number of nitrogens with two attached hydrogens (primary N) is 1. The normalized spacial score (nSPS) is 10.8. The lowest BCUT2D eigenvalue weighted by Crippen LogP contribution is -2.34. The summed E-state index contributed by atoms with van der Waals surface area (Å²) in [6.45, 7) is 8.08. The molecule has 4 nitrogen and oxygen atoms in total. The van der Waals surface area contributed by atoms with E-state index in [0.717, 1.165) is 19.6 Å². The van der Waals surface area contributed by atoms with Gasteiger partial charge in [-0.1, -0.05) is 38.9 Å². The van der Waals surface area contributed by atoms with Crippen LogP contribution in [0.3, 0.4) is 0 Å². The highest BCUT2D eigenvalue weighted by Crippen LogP contribution is 2.02. The highest BCUT2D eigenvalue weighted by atomic mass is 32.1. The lowest BCUT2D eigenvalue weighted by molar-refractivity contribution is -0.130. The Morgan fingerprint density at radius 3 is 2.00 bits per heavy atom. The van der Waals surface area contributed by atoms with E-state index in [0.29, 0.717) is 24.4 Å². The zero-order valence-electron chi connectivity index (χ0n) is 13.4. The summed E-state index contributed by atoms with van der Waals surface area (Å²) in [6, 6.07) is 0. The molecule has 0 spiro atoms. The van der Waals surface area contributed by atoms with Crippen LogP contribution in [0.25, 0.3) is 0 Å². The average Bonchev–Trinajstić information content (AvgIpc) is 2.43. The topological polar surface area (TPSA) is 49.6 Å². The Labute approximate surface area is 129 Å². The van der Waals surface area contributed by atoms with Gasteiger partial charge in [0.15, 0.2) is 0 Å². The molecule has 2 N–H and O–H groups in total. The van der Waals surface area contributed by atoms with Gasteiger partial charge in [-0.2, -0.15) is 0 Å². The molecular weight excluding hydrogens is 270 g/mol. The van der Waals surface area contributed by atoms with Crippen LogP contribution in [0.2, 0.25) is 0 Å². The monoisotopic (exact) mass is 301 g/mol. The van der Waals surface area contributed by atoms with Crippen molar-refractivity contribution in [3.05, 3.63) is 0 Å². The predicted molar refractivity (Wildman–Crippen MR) is 89.9 cm³/mol. The average molecular weight is 301 g/mol. The van der Waals surface area contributed by atoms with Crippen molar-refractivity contribution in [1.82, 2.24) is 9.80 Å². The largest absolute Gasteiger partial charge is 0.393 e. The fraction of sp³-hybridized carbons (Fsp3) is 0.867. The minimum absolute atomic E-state index is 0.180. The van der Waals surface area contributed by atoms with E-state index < -0.39 is 0 Å². The molecule has 0 bridgehead atoms. The van der Waals surface area contributed by atoms with Gasteiger partial charge in [0, 0.05) is 33.0 Å². The molecule has 0 aliphatic rings. The van der Waals surface area contributed by atoms with Crippen molar-refractivity contribution in [1.29, 1.82) is 0 Å². The summed E-state index contributed by atoms with van der Waals surface area (Å²) in [5.74, 6) is 0.180. The van der Waals surface area contributed by atoms with Crippen LogP contribution in [0.1, 0.15) is 52.4 Å². The summed E-state index contributed by atoms with van der Waals surface area (Å²) in [6.07, 6.45) is 5.99. The molecular formula is C15H31N3OS. The molecule has 0 aromatic rings. The Balaban J connectivity index is 4.03. The quantitative estimate of drug-likeness (QED) is 0.562. The smallest absolute Gasteiger partial charge is 0.223 e. The highest BCUT2D eigenvalue weighted by Gasteiger charge is 2.11. The van der Waals surface area contributed by atoms with Gasteiger partial charge in [0.25, 0.3) is 0 Å². The molecule has 0 unspecified atom stereocenters. The molecule has 5 heteroatoms. The summed E-state index contributed by atoms with van der Waals surface area (Å²) < 4.78 is 0. The SMILES string of the molecule is CCCCN(CCCC)CCC(=O)N(C)CCC(N)=S. The van der Waals surface area contributed by atoms with Gasteiger partial charge in [-0.3, -0.25) is 4.79 Å². The first kappa shape index (κ1) is 19.3. The number of carbonyl (C=O) groups is 1. The number of nitrogens with zero attached hydrogens (tertiary/aromatic N) is 2. The third-order valence-electron chi connectivity index (χ3n) is 3.42. The molecule has 0 saturated carbocycles. The van der Waals surface area contributed by atoms with Crippen molar-refractivity contribution in [3.63, 3.8) is 0 Å². The molecule has 0 aliphatic heterocycles. The molecule has 0 aliphatic carbocycles. The van der Waals surface area contributed by atoms with Crippen LogP contribution in [-0.4, -0.2) is 53.9 Å². The Bertz CT molecular complexity index is 276. The summed E-state index contributed by atoms with van der Waals surface area (Å²) in [4.78, 5) is 16.6. The molecule has 0 aromatic carbocycles. The first-order valence-corrected chi connectivity index (χ1v) is 8.16. The molecule has 0 atom stereocenters. The second-order valence-corrected chi connectivity index (χ2v) is 5.85. The van der Waals surface area contributed by atoms with E-state index in [1.807, 2.05) is 7.05 Å². The molecule has 0 rings (SSSR count). The molecule has 0 aromatic heterocycles. The number of amides is 1. The maximum Gasteiger partial charge on any atom is 0.223 e. The number of carbonyl (C=O) groups excluding carboxylic acids is 1. The van der Waals surface area contributed by atoms with E-state index in [1.54, 1.807) is 4.90 Å². The van der Waals surface area contributed by atoms with Crippen LogP contribution in [0.15, 0.2) is 0 Å². The van der Waals surface area contributed by atoms with E-state index in [-0.39, 0.29) is 5.91 Å². The third kappa shape index (κ3) is 10.1. The van der Waals surface area contributed by atoms with Crippen LogP contribution >= 0.6 is 12.2 Å². The van der Waals surface area contributed by atoms with Gasteiger partial charge in [0.2, 0.25) is 5.91 Å². The zero-order valence-corrected chi connectivity index (χ0v) is 14.2. The van der Waals surface area contributed by atoms with Crippen molar-refractivity contribution in [3.8, 4) is 0 Å². The second-order valence-electron chi connectivity index (χ2n) is 5.33. The number of hydrogen-bond acceptors (Lipinski definition) is 3. The zero-order chi connectivity index (χ0) is 15.4. The summed E-state index contributed by atoms with van der Waals surface area (Å²) in [5.41, 5.74) is 5.46. The van der Waals surface area contributed by atoms with Gasteiger partial charge in [-0.05, 0) is 25.9 Å². The van der Waals surface area contributed by atoms with E-state index in [1.165, 1.54) is 25.7 Å². The van der Waals surface area contributed by atoms with Crippen molar-refractivity contribution in [2.75, 3.05) is 33.2 Å². The minimum Gasteiger partial charge on any atom is -0.393 e. The number of rotatable bonds is 12. The molecule has 1 amide bonds. The minimum atomic E-state index is 0.180. The fourth-order valence-corrected chi connectivity index (χ4v) is 2.04. The van der Waals surface area contributed by atoms with Crippen LogP contribution in [0.5, 0.6) is 0 Å². The third-order valence-corrected chi connectivity index (χ3v) is 3.62. The maximum absolute atomic E-state index is 12.0. The molecule has 118 valence electrons. The van der Waals surface area contributed by atoms with Crippen LogP contribution in [0, 0.1) is 0 Å². The molecule has 0 saturated heterocycles. The fourth-order valence-electron chi connectivity index (χ4n) is 1.95. The van der Waals surface area contributed by atoms with Gasteiger partial charge >= 0.3 is 0 Å². The first-order valence-electron chi connectivity index (χ1n) is 7.75. The van der Waals surface area contributed by atoms with E-state index in [2.05, 4.69) is 18.7 Å². The Kier molecular flexibility index (Phi) is 11.7. The van der Waals surface area contributed by atoms with Gasteiger partial charge in [-0.25, -0.2) is 0 Å². The highest BCUT2D eigenvalue weighted by molar-refractivity contribution is 7.80. The van der Waals surface area contributed by atoms with Crippen molar-refractivity contribution < 1.29 is 4.79 Å². The molecule has 0 heterocycles. The summed E-state index contributed by atoms with van der Waals surface area (Å²) >= 11 is 4.83. The summed E-state index contributed by atoms with van der Waals surface area (Å²) in [7, 11) is 1.82. The lowest BCUT2D eigenvalue weighted by Gasteiger charge is -2.23. The lowest BCUT2D eigenvalue weighted by atomic mass is 10.2. The number of thiocarbonyl (C=S) groups is 1. The van der Waals surface area contributed by atoms with Crippen molar-refractivity contribution in [2.24, 2.45) is 5.73 Å². The van der Waals surface area contributed by atoms with E-state index in [4.69, 9.17) is 18.0 Å². The summed E-state index contributed by atoms with van der Waals surface area (Å²) in [5, 5.41) is 0. The van der Waals surface area contributed by atoms with Crippen LogP contribution < -0.4 is 5.73 Å². The van der Waals surface area contributed by atoms with Crippen molar-refractivity contribution >= 4 is 23.1 Å². The van der Waals surface area contributed by atoms with E-state index in [9.17, 15) is 4.79 Å². The Hall–Kier alpha value is -0.680. The predicted octanol–water partition coefficient (Wildman–Crippen LogP) is 2.41. The van der Waals surface area contributed by atoms with Gasteiger partial charge in [0.05, 0.1) is 4.99 Å². The second kappa shape index (κ2) is 12.1. The number of hydrogen-bond donors (Lipinski definition) is 1. The number of unbranched alkanes of at least 4 members (excludes halogenated alkanes) is 2. The standard InChI is InChI=1S/C15H31N3OS/c1-4-6-10-18(11-7-5-2)13-9-15(19)17(3)12-8-14(16)20/h4-13H2,1-3H3,(H2,16,20). The van der Waals surface area contributed by atoms with Gasteiger partial charge < -0.3 is 15.5 Å². The molecule has 0 radical (unpaired) electrons. The molecule has 20 heavy (non-hydrogen) atoms. The Morgan fingerprint density at radius 2 is 1.55 bits per heavy atom. The van der Waals surface area contributed by atoms with Gasteiger partial charge in [-0.15, -0.1) is 0 Å². The van der Waals surface area contributed by atoms with E-state index >= 15 is 0 Å². The Morgan fingerprint density at radius 1 is 1.00 bits per heavy atom. The first-order chi connectivity index (χ1) is 9.51.